The number of carbonyl (C=O) groups is 3. The molecule has 0 amide bonds. The number of aliphatic carboxylic acids is 2. The molecule has 0 unspecified atom stereocenters. The Balaban J connectivity index is 2.54. The molecule has 6 N–H and O–H groups in total. The van der Waals surface area contributed by atoms with E-state index in [0.29, 0.717) is 5.56 Å². The molecule has 0 aliphatic carbocycles. The maximum atomic E-state index is 12.0. The zero-order chi connectivity index (χ0) is 18.2. The number of rotatable bonds is 10. The van der Waals surface area contributed by atoms with Gasteiger partial charge < -0.3 is 26.4 Å². The fraction of sp³-hybridized carbons (Fsp3) is 0.357. The third-order valence-corrected chi connectivity index (χ3v) is 5.39. The van der Waals surface area contributed by atoms with Gasteiger partial charge in [0.2, 0.25) is 5.54 Å². The van der Waals surface area contributed by atoms with Crippen molar-refractivity contribution in [3.8, 4) is 0 Å². The highest BCUT2D eigenvalue weighted by atomic mass is 33.1. The van der Waals surface area contributed by atoms with Gasteiger partial charge in [0.15, 0.2) is 0 Å². The van der Waals surface area contributed by atoms with Gasteiger partial charge in [0.05, 0.1) is 0 Å². The Labute approximate surface area is 146 Å². The van der Waals surface area contributed by atoms with Gasteiger partial charge >= 0.3 is 17.9 Å². The third kappa shape index (κ3) is 6.04. The molecule has 0 bridgehead atoms. The van der Waals surface area contributed by atoms with E-state index in [-0.39, 0.29) is 18.1 Å². The van der Waals surface area contributed by atoms with E-state index in [2.05, 4.69) is 0 Å². The van der Waals surface area contributed by atoms with E-state index in [4.69, 9.17) is 21.3 Å². The van der Waals surface area contributed by atoms with Gasteiger partial charge in [0.1, 0.15) is 12.6 Å². The number of esters is 1. The Morgan fingerprint density at radius 2 is 1.79 bits per heavy atom. The quantitative estimate of drug-likeness (QED) is 0.195. The second-order valence-corrected chi connectivity index (χ2v) is 7.34. The van der Waals surface area contributed by atoms with E-state index < -0.39 is 29.5 Å². The van der Waals surface area contributed by atoms with E-state index in [0.717, 1.165) is 21.6 Å². The largest absolute Gasteiger partial charge is 0.480 e. The van der Waals surface area contributed by atoms with Crippen molar-refractivity contribution in [2.75, 3.05) is 11.5 Å². The molecule has 0 fully saturated rings. The van der Waals surface area contributed by atoms with Gasteiger partial charge in [-0.1, -0.05) is 51.9 Å². The van der Waals surface area contributed by atoms with Crippen LogP contribution in [-0.2, 0) is 25.7 Å². The SMILES string of the molecule is N[C@@H](CSSC[C@](N)(C(=O)O)C(=O)OCc1ccccc1)C(=O)O. The highest BCUT2D eigenvalue weighted by Crippen LogP contribution is 2.26. The Morgan fingerprint density at radius 1 is 1.17 bits per heavy atom. The number of hydrogen-bond acceptors (Lipinski definition) is 8. The van der Waals surface area contributed by atoms with Crippen molar-refractivity contribution in [3.05, 3.63) is 35.9 Å². The molecule has 0 aliphatic heterocycles. The number of carbonyl (C=O) groups excluding carboxylic acids is 1. The van der Waals surface area contributed by atoms with E-state index >= 15 is 0 Å². The van der Waals surface area contributed by atoms with Crippen molar-refractivity contribution < 1.29 is 29.3 Å². The summed E-state index contributed by atoms with van der Waals surface area (Å²) in [6, 6.07) is 7.69. The van der Waals surface area contributed by atoms with E-state index in [1.54, 1.807) is 30.3 Å². The second kappa shape index (κ2) is 9.52. The molecule has 10 heteroatoms. The van der Waals surface area contributed by atoms with Crippen LogP contribution in [0.1, 0.15) is 5.56 Å². The highest BCUT2D eigenvalue weighted by molar-refractivity contribution is 8.76. The van der Waals surface area contributed by atoms with Gasteiger partial charge in [-0.05, 0) is 5.56 Å². The summed E-state index contributed by atoms with van der Waals surface area (Å²) in [5.74, 6) is -3.98. The van der Waals surface area contributed by atoms with Crippen LogP contribution in [0.3, 0.4) is 0 Å². The number of carboxylic acid groups (broad SMARTS) is 2. The lowest BCUT2D eigenvalue weighted by molar-refractivity contribution is -0.160. The molecular formula is C14H18N2O6S2. The fourth-order valence-electron chi connectivity index (χ4n) is 1.39. The average Bonchev–Trinajstić information content (AvgIpc) is 2.56. The summed E-state index contributed by atoms with van der Waals surface area (Å²) in [5.41, 5.74) is 9.47. The Morgan fingerprint density at radius 3 is 2.33 bits per heavy atom. The highest BCUT2D eigenvalue weighted by Gasteiger charge is 2.44. The average molecular weight is 374 g/mol. The molecule has 0 saturated carbocycles. The molecule has 24 heavy (non-hydrogen) atoms. The van der Waals surface area contributed by atoms with Crippen molar-refractivity contribution >= 4 is 39.5 Å². The molecule has 0 radical (unpaired) electrons. The van der Waals surface area contributed by atoms with Crippen molar-refractivity contribution in [2.45, 2.75) is 18.2 Å². The molecule has 0 spiro atoms. The zero-order valence-electron chi connectivity index (χ0n) is 12.6. The third-order valence-electron chi connectivity index (χ3n) is 2.89. The molecule has 132 valence electrons. The first kappa shape index (κ1) is 20.3. The molecule has 0 heterocycles. The topological polar surface area (TPSA) is 153 Å². The zero-order valence-corrected chi connectivity index (χ0v) is 14.2. The van der Waals surface area contributed by atoms with Gasteiger partial charge in [0.25, 0.3) is 0 Å². The van der Waals surface area contributed by atoms with Crippen molar-refractivity contribution in [1.29, 1.82) is 0 Å². The Hall–Kier alpha value is -1.75. The number of nitrogens with two attached hydrogens (primary N) is 2. The van der Waals surface area contributed by atoms with E-state index in [1.165, 1.54) is 0 Å². The molecule has 2 atom stereocenters. The van der Waals surface area contributed by atoms with Crippen LogP contribution in [0.15, 0.2) is 30.3 Å². The summed E-state index contributed by atoms with van der Waals surface area (Å²) in [6.45, 7) is -0.0897. The van der Waals surface area contributed by atoms with Crippen molar-refractivity contribution in [2.24, 2.45) is 11.5 Å². The first-order valence-electron chi connectivity index (χ1n) is 6.73. The minimum atomic E-state index is -2.22. The number of hydrogen-bond donors (Lipinski definition) is 4. The maximum absolute atomic E-state index is 12.0. The monoisotopic (exact) mass is 374 g/mol. The Kier molecular flexibility index (Phi) is 8.05. The van der Waals surface area contributed by atoms with Crippen LogP contribution >= 0.6 is 21.6 Å². The number of benzene rings is 1. The predicted octanol–water partition coefficient (Wildman–Crippen LogP) is 0.305. The molecule has 0 saturated heterocycles. The maximum Gasteiger partial charge on any atom is 0.339 e. The van der Waals surface area contributed by atoms with Crippen molar-refractivity contribution in [1.82, 2.24) is 0 Å². The standard InChI is InChI=1S/C14H18N2O6S2/c15-10(11(17)18)7-23-24-8-14(16,12(19)20)13(21)22-6-9-4-2-1-3-5-9/h1-5,10H,6-8,15-16H2,(H,17,18)(H,19,20)/t10-,14-/m0/s1. The summed E-state index contributed by atoms with van der Waals surface area (Å²) < 4.78 is 4.98. The lowest BCUT2D eigenvalue weighted by Gasteiger charge is -2.22. The van der Waals surface area contributed by atoms with E-state index in [1.807, 2.05) is 0 Å². The van der Waals surface area contributed by atoms with Gasteiger partial charge in [-0.3, -0.25) is 4.79 Å². The van der Waals surface area contributed by atoms with Crippen LogP contribution in [0.4, 0.5) is 0 Å². The molecule has 0 aliphatic rings. The van der Waals surface area contributed by atoms with Crippen LogP contribution in [0.2, 0.25) is 0 Å². The smallest absolute Gasteiger partial charge is 0.339 e. The van der Waals surface area contributed by atoms with Crippen LogP contribution in [0.5, 0.6) is 0 Å². The summed E-state index contributed by atoms with van der Waals surface area (Å²) in [5, 5.41) is 17.9. The lowest BCUT2D eigenvalue weighted by Crippen LogP contribution is -2.57. The van der Waals surface area contributed by atoms with Gasteiger partial charge in [-0.15, -0.1) is 0 Å². The van der Waals surface area contributed by atoms with Crippen LogP contribution in [0, 0.1) is 0 Å². The molecule has 1 rings (SSSR count). The van der Waals surface area contributed by atoms with Crippen LogP contribution < -0.4 is 11.5 Å². The van der Waals surface area contributed by atoms with Crippen molar-refractivity contribution in [3.63, 3.8) is 0 Å². The number of ether oxygens (including phenoxy) is 1. The van der Waals surface area contributed by atoms with Gasteiger partial charge in [-0.2, -0.15) is 0 Å². The first-order chi connectivity index (χ1) is 11.3. The van der Waals surface area contributed by atoms with Crippen LogP contribution in [-0.4, -0.2) is 51.2 Å². The molecular weight excluding hydrogens is 356 g/mol. The molecule has 1 aromatic carbocycles. The second-order valence-electron chi connectivity index (χ2n) is 4.83. The molecule has 8 nitrogen and oxygen atoms in total. The summed E-state index contributed by atoms with van der Waals surface area (Å²) in [7, 11) is 1.98. The first-order valence-corrected chi connectivity index (χ1v) is 9.22. The van der Waals surface area contributed by atoms with Crippen LogP contribution in [0.25, 0.3) is 0 Å². The number of carboxylic acids is 2. The Bertz CT molecular complexity index is 586. The van der Waals surface area contributed by atoms with Gasteiger partial charge in [-0.25, -0.2) is 9.59 Å². The fourth-order valence-corrected chi connectivity index (χ4v) is 3.82. The normalized spacial score (nSPS) is 14.4. The minimum Gasteiger partial charge on any atom is -0.480 e. The van der Waals surface area contributed by atoms with E-state index in [9.17, 15) is 19.5 Å². The predicted molar refractivity (Wildman–Crippen MR) is 91.3 cm³/mol. The summed E-state index contributed by atoms with van der Waals surface area (Å²) >= 11 is 0. The molecule has 1 aromatic rings. The molecule has 0 aromatic heterocycles. The summed E-state index contributed by atoms with van der Waals surface area (Å²) in [4.78, 5) is 34.0. The summed E-state index contributed by atoms with van der Waals surface area (Å²) in [6.07, 6.45) is 0. The lowest BCUT2D eigenvalue weighted by atomic mass is 10.1. The van der Waals surface area contributed by atoms with Gasteiger partial charge in [0, 0.05) is 11.5 Å². The minimum absolute atomic E-state index is 0.0504.